The zero-order chi connectivity index (χ0) is 32.9. The second-order valence-corrected chi connectivity index (χ2v) is 11.9. The molecular weight excluding hydrogens is 644 g/mol. The number of nitrogens with one attached hydrogen (secondary N) is 2. The molecule has 0 spiro atoms. The number of halogens is 5. The van der Waals surface area contributed by atoms with Gasteiger partial charge in [0.2, 0.25) is 5.95 Å². The highest BCUT2D eigenvalue weighted by atomic mass is 35.5. The number of carbonyl (C=O) groups is 1. The highest BCUT2D eigenvalue weighted by molar-refractivity contribution is 6.42. The first-order chi connectivity index (χ1) is 21.8. The van der Waals surface area contributed by atoms with Crippen molar-refractivity contribution in [2.45, 2.75) is 45.1 Å². The molecule has 0 aliphatic carbocycles. The molecule has 2 N–H and O–H groups in total. The molecule has 14 heteroatoms. The summed E-state index contributed by atoms with van der Waals surface area (Å²) < 4.78 is 46.5. The number of fused-ring (bicyclic) bond motifs is 2. The largest absolute Gasteiger partial charge is 0.416 e. The summed E-state index contributed by atoms with van der Waals surface area (Å²) in [5.41, 5.74) is 1.47. The lowest BCUT2D eigenvalue weighted by atomic mass is 9.98. The third kappa shape index (κ3) is 5.78. The Bertz CT molecular complexity index is 2030. The summed E-state index contributed by atoms with van der Waals surface area (Å²) in [5.74, 6) is 0.374. The molecule has 9 nitrogen and oxygen atoms in total. The molecule has 238 valence electrons. The van der Waals surface area contributed by atoms with Crippen molar-refractivity contribution in [3.05, 3.63) is 109 Å². The molecule has 0 bridgehead atoms. The summed E-state index contributed by atoms with van der Waals surface area (Å²) >= 11 is 12.2. The van der Waals surface area contributed by atoms with Crippen LogP contribution >= 0.6 is 23.2 Å². The van der Waals surface area contributed by atoms with Crippen molar-refractivity contribution in [1.29, 1.82) is 0 Å². The van der Waals surface area contributed by atoms with Gasteiger partial charge in [0.1, 0.15) is 0 Å². The van der Waals surface area contributed by atoms with Crippen LogP contribution < -0.4 is 16.2 Å². The van der Waals surface area contributed by atoms with Crippen LogP contribution in [0.15, 0.2) is 70.0 Å². The number of amides is 1. The Kier molecular flexibility index (Phi) is 8.20. The first-order valence-corrected chi connectivity index (χ1v) is 15.0. The number of anilines is 2. The third-order valence-electron chi connectivity index (χ3n) is 8.08. The number of nitrogens with zero attached hydrogens (tertiary/aromatic N) is 4. The summed E-state index contributed by atoms with van der Waals surface area (Å²) in [6, 6.07) is 13.7. The summed E-state index contributed by atoms with van der Waals surface area (Å²) in [5, 5.41) is 11.5. The van der Waals surface area contributed by atoms with E-state index in [4.69, 9.17) is 32.7 Å². The predicted octanol–water partition coefficient (Wildman–Crippen LogP) is 7.50. The maximum Gasteiger partial charge on any atom is 0.416 e. The van der Waals surface area contributed by atoms with Crippen molar-refractivity contribution in [1.82, 2.24) is 19.6 Å². The molecule has 1 aliphatic heterocycles. The second-order valence-electron chi connectivity index (χ2n) is 11.1. The van der Waals surface area contributed by atoms with Crippen LogP contribution in [0.3, 0.4) is 0 Å². The summed E-state index contributed by atoms with van der Waals surface area (Å²) in [4.78, 5) is 34.2. The van der Waals surface area contributed by atoms with Gasteiger partial charge in [0.15, 0.2) is 11.4 Å². The number of carbonyl (C=O) groups excluding carboxylic acids is 1. The van der Waals surface area contributed by atoms with Crippen LogP contribution in [0.25, 0.3) is 16.7 Å². The van der Waals surface area contributed by atoms with Crippen molar-refractivity contribution in [2.24, 2.45) is 0 Å². The van der Waals surface area contributed by atoms with Crippen LogP contribution in [0, 0.1) is 0 Å². The van der Waals surface area contributed by atoms with Crippen molar-refractivity contribution >= 4 is 51.8 Å². The normalized spacial score (nSPS) is 15.5. The van der Waals surface area contributed by atoms with Gasteiger partial charge in [0, 0.05) is 30.3 Å². The van der Waals surface area contributed by atoms with E-state index in [-0.39, 0.29) is 41.4 Å². The van der Waals surface area contributed by atoms with Gasteiger partial charge in [-0.25, -0.2) is 9.55 Å². The van der Waals surface area contributed by atoms with Crippen molar-refractivity contribution in [2.75, 3.05) is 17.7 Å². The molecule has 1 aliphatic rings. The minimum absolute atomic E-state index is 0.0433. The minimum Gasteiger partial charge on any atom is -0.370 e. The summed E-state index contributed by atoms with van der Waals surface area (Å²) in [6.07, 6.45) is -4.24. The van der Waals surface area contributed by atoms with Gasteiger partial charge in [-0.15, -0.1) is 0 Å². The average molecular weight is 672 g/mol. The van der Waals surface area contributed by atoms with E-state index in [0.29, 0.717) is 49.9 Å². The Balaban J connectivity index is 1.43. The van der Waals surface area contributed by atoms with Crippen LogP contribution in [0.5, 0.6) is 0 Å². The van der Waals surface area contributed by atoms with Gasteiger partial charge < -0.3 is 20.1 Å². The van der Waals surface area contributed by atoms with Crippen LogP contribution in [-0.2, 0) is 19.1 Å². The zero-order valence-electron chi connectivity index (χ0n) is 24.7. The number of aromatic nitrogens is 3. The zero-order valence-corrected chi connectivity index (χ0v) is 26.3. The van der Waals surface area contributed by atoms with Crippen LogP contribution in [0.2, 0.25) is 10.0 Å². The highest BCUT2D eigenvalue weighted by Crippen LogP contribution is 2.32. The maximum absolute atomic E-state index is 14.2. The Morgan fingerprint density at radius 3 is 2.48 bits per heavy atom. The van der Waals surface area contributed by atoms with Gasteiger partial charge in [-0.2, -0.15) is 13.2 Å². The van der Waals surface area contributed by atoms with E-state index in [9.17, 15) is 22.8 Å². The fourth-order valence-electron chi connectivity index (χ4n) is 5.55. The Labute approximate surface area is 270 Å². The van der Waals surface area contributed by atoms with E-state index < -0.39 is 17.8 Å². The monoisotopic (exact) mass is 670 g/mol. The number of hydrogen-bond acceptors (Lipinski definition) is 7. The number of benzene rings is 3. The molecule has 0 radical (unpaired) electrons. The fraction of sp³-hybridized carbons (Fsp3) is 0.250. The smallest absolute Gasteiger partial charge is 0.370 e. The molecule has 2 atom stereocenters. The van der Waals surface area contributed by atoms with Crippen molar-refractivity contribution < 1.29 is 22.5 Å². The molecule has 5 aromatic rings. The van der Waals surface area contributed by atoms with Gasteiger partial charge >= 0.3 is 6.18 Å². The van der Waals surface area contributed by atoms with E-state index in [0.717, 1.165) is 12.1 Å². The molecule has 0 saturated carbocycles. The van der Waals surface area contributed by atoms with E-state index in [1.54, 1.807) is 49.2 Å². The average Bonchev–Trinajstić information content (AvgIpc) is 3.44. The molecule has 0 fully saturated rings. The Hall–Kier alpha value is -4.55. The number of rotatable bonds is 6. The SMILES string of the molecule is CNc1noc2cc(-n3c(N[C@@H](C)c4ccc(C(F)(F)F)cc4)nc4c(c3=O)C[C@@H](C)N(C(=O)c3ccc(Cl)c(Cl)c3)C4)ccc12. The first-order valence-electron chi connectivity index (χ1n) is 14.3. The molecule has 1 amide bonds. The third-order valence-corrected chi connectivity index (χ3v) is 8.81. The fourth-order valence-corrected chi connectivity index (χ4v) is 5.84. The topological polar surface area (TPSA) is 105 Å². The van der Waals surface area contributed by atoms with Crippen molar-refractivity contribution in [3.63, 3.8) is 0 Å². The molecule has 46 heavy (non-hydrogen) atoms. The highest BCUT2D eigenvalue weighted by Gasteiger charge is 2.33. The van der Waals surface area contributed by atoms with Gasteiger partial charge in [-0.3, -0.25) is 9.59 Å². The van der Waals surface area contributed by atoms with Crippen LogP contribution in [0.1, 0.15) is 52.6 Å². The van der Waals surface area contributed by atoms with Crippen LogP contribution in [-0.4, -0.2) is 38.6 Å². The maximum atomic E-state index is 14.2. The van der Waals surface area contributed by atoms with Gasteiger partial charge in [0.25, 0.3) is 11.5 Å². The standard InChI is InChI=1S/C32H27Cl2F3N6O3/c1-16-12-23-26(15-42(16)29(44)19-6-11-24(33)25(34)13-19)40-31(39-17(2)18-4-7-20(8-5-18)32(35,36)37)43(30(23)45)21-9-10-22-27(14-21)46-41-28(22)38-3/h4-11,13-14,16-17H,12,15H2,1-3H3,(H,38,41)(H,39,40)/t16-,17+/m1/s1. The van der Waals surface area contributed by atoms with E-state index >= 15 is 0 Å². The lowest BCUT2D eigenvalue weighted by Crippen LogP contribution is -2.46. The van der Waals surface area contributed by atoms with Crippen molar-refractivity contribution in [3.8, 4) is 5.69 Å². The first kappa shape index (κ1) is 31.4. The molecule has 0 saturated heterocycles. The molecule has 3 aromatic carbocycles. The summed E-state index contributed by atoms with van der Waals surface area (Å²) in [6.45, 7) is 3.64. The number of alkyl halides is 3. The predicted molar refractivity (Wildman–Crippen MR) is 170 cm³/mol. The molecule has 0 unspecified atom stereocenters. The summed E-state index contributed by atoms with van der Waals surface area (Å²) in [7, 11) is 1.71. The van der Waals surface area contributed by atoms with Gasteiger partial charge in [-0.05, 0) is 68.3 Å². The van der Waals surface area contributed by atoms with E-state index in [2.05, 4.69) is 15.8 Å². The molecule has 2 aromatic heterocycles. The minimum atomic E-state index is -4.47. The second kappa shape index (κ2) is 12.0. The van der Waals surface area contributed by atoms with Crippen LogP contribution in [0.4, 0.5) is 24.9 Å². The lowest BCUT2D eigenvalue weighted by molar-refractivity contribution is -0.137. The lowest BCUT2D eigenvalue weighted by Gasteiger charge is -2.35. The quantitative estimate of drug-likeness (QED) is 0.193. The van der Waals surface area contributed by atoms with Gasteiger partial charge in [0.05, 0.1) is 45.0 Å². The number of hydrogen-bond donors (Lipinski definition) is 2. The molecule has 6 rings (SSSR count). The Morgan fingerprint density at radius 2 is 1.80 bits per heavy atom. The van der Waals surface area contributed by atoms with E-state index in [1.165, 1.54) is 22.8 Å². The molecule has 3 heterocycles. The van der Waals surface area contributed by atoms with Gasteiger partial charge in [-0.1, -0.05) is 40.5 Å². The Morgan fingerprint density at radius 1 is 1.07 bits per heavy atom. The van der Waals surface area contributed by atoms with E-state index in [1.807, 2.05) is 6.92 Å². The molecular formula is C32H27Cl2F3N6O3.